The van der Waals surface area contributed by atoms with Crippen molar-refractivity contribution in [1.29, 1.82) is 0 Å². The van der Waals surface area contributed by atoms with Crippen LogP contribution in [0.1, 0.15) is 24.8 Å². The monoisotopic (exact) mass is 242 g/mol. The molecule has 1 aromatic carbocycles. The minimum absolute atomic E-state index is 0.0951. The van der Waals surface area contributed by atoms with Crippen molar-refractivity contribution in [3.05, 3.63) is 34.9 Å². The SMILES string of the molecule is OC1CCCC1SCc1ccc(Cl)cc1. The molecule has 0 aromatic heterocycles. The third-order valence-electron chi connectivity index (χ3n) is 2.80. The van der Waals surface area contributed by atoms with Gasteiger partial charge in [-0.3, -0.25) is 0 Å². The molecular weight excluding hydrogens is 228 g/mol. The van der Waals surface area contributed by atoms with E-state index in [0.717, 1.165) is 23.6 Å². The molecule has 2 atom stereocenters. The summed E-state index contributed by atoms with van der Waals surface area (Å²) in [6.45, 7) is 0. The molecule has 1 N–H and O–H groups in total. The molecule has 0 heterocycles. The lowest BCUT2D eigenvalue weighted by atomic mass is 10.2. The lowest BCUT2D eigenvalue weighted by Gasteiger charge is -2.13. The van der Waals surface area contributed by atoms with Crippen LogP contribution in [0.4, 0.5) is 0 Å². The Morgan fingerprint density at radius 2 is 2.00 bits per heavy atom. The Morgan fingerprint density at radius 3 is 2.60 bits per heavy atom. The summed E-state index contributed by atoms with van der Waals surface area (Å²) < 4.78 is 0. The largest absolute Gasteiger partial charge is 0.392 e. The van der Waals surface area contributed by atoms with Crippen molar-refractivity contribution in [2.24, 2.45) is 0 Å². The number of halogens is 1. The first-order valence-electron chi connectivity index (χ1n) is 5.30. The van der Waals surface area contributed by atoms with Gasteiger partial charge in [0.1, 0.15) is 0 Å². The summed E-state index contributed by atoms with van der Waals surface area (Å²) in [4.78, 5) is 0. The van der Waals surface area contributed by atoms with Gasteiger partial charge in [0.25, 0.3) is 0 Å². The summed E-state index contributed by atoms with van der Waals surface area (Å²) in [5.74, 6) is 0.971. The first kappa shape index (κ1) is 11.3. The zero-order chi connectivity index (χ0) is 10.7. The Bertz CT molecular complexity index is 312. The van der Waals surface area contributed by atoms with Gasteiger partial charge < -0.3 is 5.11 Å². The molecule has 2 unspecified atom stereocenters. The maximum Gasteiger partial charge on any atom is 0.0658 e. The van der Waals surface area contributed by atoms with Crippen LogP contribution >= 0.6 is 23.4 Å². The van der Waals surface area contributed by atoms with Crippen molar-refractivity contribution in [1.82, 2.24) is 0 Å². The van der Waals surface area contributed by atoms with E-state index < -0.39 is 0 Å². The minimum Gasteiger partial charge on any atom is -0.392 e. The van der Waals surface area contributed by atoms with Gasteiger partial charge >= 0.3 is 0 Å². The molecule has 0 saturated heterocycles. The van der Waals surface area contributed by atoms with E-state index in [-0.39, 0.29) is 6.10 Å². The van der Waals surface area contributed by atoms with Crippen molar-refractivity contribution in [2.75, 3.05) is 0 Å². The van der Waals surface area contributed by atoms with Gasteiger partial charge in [-0.25, -0.2) is 0 Å². The third-order valence-corrected chi connectivity index (χ3v) is 4.53. The number of hydrogen-bond acceptors (Lipinski definition) is 2. The first-order chi connectivity index (χ1) is 7.25. The number of thioether (sulfide) groups is 1. The van der Waals surface area contributed by atoms with E-state index >= 15 is 0 Å². The van der Waals surface area contributed by atoms with E-state index in [1.54, 1.807) is 0 Å². The highest BCUT2D eigenvalue weighted by Gasteiger charge is 2.25. The van der Waals surface area contributed by atoms with Gasteiger partial charge in [0.2, 0.25) is 0 Å². The van der Waals surface area contributed by atoms with Gasteiger partial charge in [-0.1, -0.05) is 23.7 Å². The highest BCUT2D eigenvalue weighted by Crippen LogP contribution is 2.32. The zero-order valence-corrected chi connectivity index (χ0v) is 10.1. The second-order valence-electron chi connectivity index (χ2n) is 3.97. The predicted octanol–water partition coefficient (Wildman–Crippen LogP) is 3.49. The van der Waals surface area contributed by atoms with Crippen LogP contribution in [0.15, 0.2) is 24.3 Å². The normalized spacial score (nSPS) is 25.7. The summed E-state index contributed by atoms with van der Waals surface area (Å²) in [6.07, 6.45) is 3.19. The molecule has 1 saturated carbocycles. The quantitative estimate of drug-likeness (QED) is 0.876. The van der Waals surface area contributed by atoms with E-state index in [1.807, 2.05) is 23.9 Å². The maximum absolute atomic E-state index is 9.67. The molecule has 1 aliphatic rings. The third kappa shape index (κ3) is 3.13. The van der Waals surface area contributed by atoms with Crippen LogP contribution < -0.4 is 0 Å². The molecule has 0 aliphatic heterocycles. The second-order valence-corrected chi connectivity index (χ2v) is 5.64. The summed E-state index contributed by atoms with van der Waals surface area (Å²) in [6, 6.07) is 7.94. The number of benzene rings is 1. The Kier molecular flexibility index (Phi) is 3.95. The molecule has 0 spiro atoms. The average molecular weight is 243 g/mol. The Balaban J connectivity index is 1.85. The molecule has 1 aliphatic carbocycles. The van der Waals surface area contributed by atoms with Gasteiger partial charge in [0.05, 0.1) is 6.10 Å². The molecule has 82 valence electrons. The average Bonchev–Trinajstić information content (AvgIpc) is 2.63. The molecule has 15 heavy (non-hydrogen) atoms. The Hall–Kier alpha value is -0.180. The number of aliphatic hydroxyl groups excluding tert-OH is 1. The van der Waals surface area contributed by atoms with Crippen LogP contribution in [0.3, 0.4) is 0 Å². The zero-order valence-electron chi connectivity index (χ0n) is 8.53. The standard InChI is InChI=1S/C12H15ClOS/c13-10-6-4-9(5-7-10)8-15-12-3-1-2-11(12)14/h4-7,11-12,14H,1-3,8H2. The number of hydrogen-bond donors (Lipinski definition) is 1. The molecule has 0 amide bonds. The van der Waals surface area contributed by atoms with E-state index in [0.29, 0.717) is 5.25 Å². The number of aliphatic hydroxyl groups is 1. The molecule has 2 rings (SSSR count). The summed E-state index contributed by atoms with van der Waals surface area (Å²) in [5.41, 5.74) is 1.28. The van der Waals surface area contributed by atoms with Crippen LogP contribution in [0.5, 0.6) is 0 Å². The molecule has 1 fully saturated rings. The van der Waals surface area contributed by atoms with Crippen molar-refractivity contribution in [3.63, 3.8) is 0 Å². The number of rotatable bonds is 3. The Morgan fingerprint density at radius 1 is 1.27 bits per heavy atom. The Labute approximate surface area is 99.8 Å². The summed E-state index contributed by atoms with van der Waals surface area (Å²) in [7, 11) is 0. The van der Waals surface area contributed by atoms with Crippen LogP contribution in [0, 0.1) is 0 Å². The fraction of sp³-hybridized carbons (Fsp3) is 0.500. The lowest BCUT2D eigenvalue weighted by molar-refractivity contribution is 0.188. The van der Waals surface area contributed by atoms with E-state index in [2.05, 4.69) is 12.1 Å². The van der Waals surface area contributed by atoms with Crippen molar-refractivity contribution in [2.45, 2.75) is 36.4 Å². The minimum atomic E-state index is -0.0951. The van der Waals surface area contributed by atoms with Crippen molar-refractivity contribution >= 4 is 23.4 Å². The first-order valence-corrected chi connectivity index (χ1v) is 6.72. The molecular formula is C12H15ClOS. The molecule has 0 radical (unpaired) electrons. The fourth-order valence-corrected chi connectivity index (χ4v) is 3.30. The molecule has 1 nitrogen and oxygen atoms in total. The molecule has 0 bridgehead atoms. The molecule has 1 aromatic rings. The highest BCUT2D eigenvalue weighted by atomic mass is 35.5. The van der Waals surface area contributed by atoms with E-state index in [1.165, 1.54) is 12.0 Å². The van der Waals surface area contributed by atoms with Gasteiger partial charge in [-0.2, -0.15) is 11.8 Å². The smallest absolute Gasteiger partial charge is 0.0658 e. The van der Waals surface area contributed by atoms with Gasteiger partial charge in [0.15, 0.2) is 0 Å². The summed E-state index contributed by atoms with van der Waals surface area (Å²) >= 11 is 7.67. The van der Waals surface area contributed by atoms with Gasteiger partial charge in [-0.15, -0.1) is 0 Å². The van der Waals surface area contributed by atoms with Crippen LogP contribution in [0.2, 0.25) is 5.02 Å². The van der Waals surface area contributed by atoms with Crippen molar-refractivity contribution in [3.8, 4) is 0 Å². The fourth-order valence-electron chi connectivity index (χ4n) is 1.88. The predicted molar refractivity (Wildman–Crippen MR) is 66.4 cm³/mol. The van der Waals surface area contributed by atoms with Crippen LogP contribution in [-0.4, -0.2) is 16.5 Å². The highest BCUT2D eigenvalue weighted by molar-refractivity contribution is 7.99. The maximum atomic E-state index is 9.67. The second kappa shape index (κ2) is 5.24. The van der Waals surface area contributed by atoms with Gasteiger partial charge in [0, 0.05) is 16.0 Å². The van der Waals surface area contributed by atoms with Crippen LogP contribution in [-0.2, 0) is 5.75 Å². The lowest BCUT2D eigenvalue weighted by Crippen LogP contribution is -2.15. The topological polar surface area (TPSA) is 20.2 Å². The van der Waals surface area contributed by atoms with Crippen molar-refractivity contribution < 1.29 is 5.11 Å². The van der Waals surface area contributed by atoms with Crippen LogP contribution in [0.25, 0.3) is 0 Å². The van der Waals surface area contributed by atoms with E-state index in [9.17, 15) is 5.11 Å². The van der Waals surface area contributed by atoms with E-state index in [4.69, 9.17) is 11.6 Å². The summed E-state index contributed by atoms with van der Waals surface area (Å²) in [5, 5.41) is 10.9. The van der Waals surface area contributed by atoms with Gasteiger partial charge in [-0.05, 0) is 37.0 Å². The molecule has 3 heteroatoms.